The van der Waals surface area contributed by atoms with Crippen molar-refractivity contribution < 1.29 is 23.9 Å². The van der Waals surface area contributed by atoms with E-state index < -0.39 is 11.7 Å². The fourth-order valence-corrected chi connectivity index (χ4v) is 3.42. The Morgan fingerprint density at radius 3 is 2.45 bits per heavy atom. The molecule has 1 saturated carbocycles. The highest BCUT2D eigenvalue weighted by Crippen LogP contribution is 2.30. The largest absolute Gasteiger partial charge is 0.484 e. The quantitative estimate of drug-likeness (QED) is 0.691. The van der Waals surface area contributed by atoms with Gasteiger partial charge in [0.15, 0.2) is 6.61 Å². The van der Waals surface area contributed by atoms with Crippen LogP contribution in [0, 0.1) is 11.8 Å². The first-order chi connectivity index (χ1) is 14.7. The fraction of sp³-hybridized carbons (Fsp3) is 0.609. The summed E-state index contributed by atoms with van der Waals surface area (Å²) in [6, 6.07) is 7.12. The lowest BCUT2D eigenvalue weighted by molar-refractivity contribution is -0.134. The van der Waals surface area contributed by atoms with Gasteiger partial charge in [-0.2, -0.15) is 0 Å². The number of amides is 3. The lowest BCUT2D eigenvalue weighted by Crippen LogP contribution is -2.43. The van der Waals surface area contributed by atoms with E-state index in [1.54, 1.807) is 23.1 Å². The Bertz CT molecular complexity index is 793. The van der Waals surface area contributed by atoms with Gasteiger partial charge >= 0.3 is 6.09 Å². The highest BCUT2D eigenvalue weighted by atomic mass is 16.6. The van der Waals surface area contributed by atoms with Crippen molar-refractivity contribution in [2.45, 2.75) is 52.1 Å². The molecule has 0 atom stereocenters. The smallest absolute Gasteiger partial charge is 0.407 e. The lowest BCUT2D eigenvalue weighted by atomic mass is 9.97. The van der Waals surface area contributed by atoms with Gasteiger partial charge in [-0.05, 0) is 64.5 Å². The number of nitrogens with one attached hydrogen (secondary N) is 2. The van der Waals surface area contributed by atoms with Gasteiger partial charge in [0.05, 0.1) is 0 Å². The van der Waals surface area contributed by atoms with Gasteiger partial charge in [0.1, 0.15) is 11.4 Å². The van der Waals surface area contributed by atoms with Crippen molar-refractivity contribution in [1.29, 1.82) is 0 Å². The van der Waals surface area contributed by atoms with Crippen LogP contribution in [0.3, 0.4) is 0 Å². The van der Waals surface area contributed by atoms with Crippen molar-refractivity contribution >= 4 is 23.6 Å². The molecule has 2 aliphatic rings. The number of hydrogen-bond donors (Lipinski definition) is 2. The van der Waals surface area contributed by atoms with E-state index in [-0.39, 0.29) is 24.3 Å². The van der Waals surface area contributed by atoms with E-state index in [1.165, 1.54) is 0 Å². The average Bonchev–Trinajstić information content (AvgIpc) is 3.55. The first-order valence-corrected chi connectivity index (χ1v) is 11.0. The molecule has 1 heterocycles. The minimum Gasteiger partial charge on any atom is -0.484 e. The van der Waals surface area contributed by atoms with Crippen LogP contribution in [0.25, 0.3) is 0 Å². The predicted molar refractivity (Wildman–Crippen MR) is 117 cm³/mol. The van der Waals surface area contributed by atoms with Crippen LogP contribution in [0.1, 0.15) is 46.5 Å². The van der Waals surface area contributed by atoms with Crippen molar-refractivity contribution in [3.05, 3.63) is 24.3 Å². The molecule has 1 saturated heterocycles. The number of benzene rings is 1. The maximum atomic E-state index is 12.5. The number of carbonyl (C=O) groups excluding carboxylic acids is 3. The van der Waals surface area contributed by atoms with Crippen molar-refractivity contribution in [2.75, 3.05) is 31.6 Å². The predicted octanol–water partition coefficient (Wildman–Crippen LogP) is 3.18. The zero-order chi connectivity index (χ0) is 22.4. The molecule has 1 aliphatic carbocycles. The van der Waals surface area contributed by atoms with E-state index in [1.807, 2.05) is 26.8 Å². The monoisotopic (exact) mass is 431 g/mol. The minimum atomic E-state index is -0.512. The molecule has 3 amide bonds. The third-order valence-corrected chi connectivity index (χ3v) is 5.31. The van der Waals surface area contributed by atoms with Crippen LogP contribution in [0.5, 0.6) is 5.75 Å². The van der Waals surface area contributed by atoms with Crippen LogP contribution in [0.2, 0.25) is 0 Å². The summed E-state index contributed by atoms with van der Waals surface area (Å²) in [6.45, 7) is 7.28. The molecule has 8 heteroatoms. The number of rotatable bonds is 7. The molecule has 170 valence electrons. The second-order valence-electron chi connectivity index (χ2n) is 9.29. The highest BCUT2D eigenvalue weighted by molar-refractivity contribution is 5.94. The second kappa shape index (κ2) is 10.0. The third-order valence-electron chi connectivity index (χ3n) is 5.31. The summed E-state index contributed by atoms with van der Waals surface area (Å²) in [5.74, 6) is 0.985. The highest BCUT2D eigenvalue weighted by Gasteiger charge is 2.29. The zero-order valence-electron chi connectivity index (χ0n) is 18.6. The SMILES string of the molecule is CC(C)(C)OC(=O)NCC1CCN(C(=O)COc2cccc(NC(=O)C3CC3)c2)CC1. The summed E-state index contributed by atoms with van der Waals surface area (Å²) in [6.07, 6.45) is 3.14. The van der Waals surface area contributed by atoms with E-state index >= 15 is 0 Å². The maximum Gasteiger partial charge on any atom is 0.407 e. The van der Waals surface area contributed by atoms with Gasteiger partial charge in [-0.15, -0.1) is 0 Å². The Hall–Kier alpha value is -2.77. The van der Waals surface area contributed by atoms with Gasteiger partial charge in [-0.25, -0.2) is 4.79 Å². The summed E-state index contributed by atoms with van der Waals surface area (Å²) >= 11 is 0. The van der Waals surface area contributed by atoms with Gasteiger partial charge < -0.3 is 25.0 Å². The first kappa shape index (κ1) is 22.9. The molecule has 2 N–H and O–H groups in total. The first-order valence-electron chi connectivity index (χ1n) is 11.0. The number of anilines is 1. The molecular formula is C23H33N3O5. The molecule has 0 spiro atoms. The lowest BCUT2D eigenvalue weighted by Gasteiger charge is -2.32. The molecule has 0 bridgehead atoms. The Kier molecular flexibility index (Phi) is 7.41. The fourth-order valence-electron chi connectivity index (χ4n) is 3.42. The van der Waals surface area contributed by atoms with Crippen LogP contribution in [-0.2, 0) is 14.3 Å². The van der Waals surface area contributed by atoms with Gasteiger partial charge in [-0.1, -0.05) is 6.07 Å². The topological polar surface area (TPSA) is 97.0 Å². The van der Waals surface area contributed by atoms with E-state index in [4.69, 9.17) is 9.47 Å². The maximum absolute atomic E-state index is 12.5. The van der Waals surface area contributed by atoms with Crippen molar-refractivity contribution in [3.8, 4) is 5.75 Å². The van der Waals surface area contributed by atoms with Crippen LogP contribution >= 0.6 is 0 Å². The van der Waals surface area contributed by atoms with Gasteiger partial charge in [0, 0.05) is 37.3 Å². The summed E-state index contributed by atoms with van der Waals surface area (Å²) in [4.78, 5) is 38.0. The second-order valence-corrected chi connectivity index (χ2v) is 9.29. The van der Waals surface area contributed by atoms with Crippen LogP contribution in [0.4, 0.5) is 10.5 Å². The Morgan fingerprint density at radius 2 is 1.81 bits per heavy atom. The molecule has 8 nitrogen and oxygen atoms in total. The van der Waals surface area contributed by atoms with Crippen molar-refractivity contribution in [1.82, 2.24) is 10.2 Å². The van der Waals surface area contributed by atoms with E-state index in [0.29, 0.717) is 37.0 Å². The van der Waals surface area contributed by atoms with E-state index in [0.717, 1.165) is 25.7 Å². The van der Waals surface area contributed by atoms with Crippen LogP contribution in [0.15, 0.2) is 24.3 Å². The number of hydrogen-bond acceptors (Lipinski definition) is 5. The number of alkyl carbamates (subject to hydrolysis) is 1. The van der Waals surface area contributed by atoms with E-state index in [9.17, 15) is 14.4 Å². The Morgan fingerprint density at radius 1 is 1.10 bits per heavy atom. The number of carbonyl (C=O) groups is 3. The molecule has 2 fully saturated rings. The number of ether oxygens (including phenoxy) is 2. The normalized spacial score (nSPS) is 17.1. The number of nitrogens with zero attached hydrogens (tertiary/aromatic N) is 1. The number of piperidine rings is 1. The minimum absolute atomic E-state index is 0.0391. The molecular weight excluding hydrogens is 398 g/mol. The number of likely N-dealkylation sites (tertiary alicyclic amines) is 1. The zero-order valence-corrected chi connectivity index (χ0v) is 18.6. The van der Waals surface area contributed by atoms with Crippen molar-refractivity contribution in [2.24, 2.45) is 11.8 Å². The summed E-state index contributed by atoms with van der Waals surface area (Å²) in [5, 5.41) is 5.69. The van der Waals surface area contributed by atoms with Gasteiger partial charge in [0.2, 0.25) is 5.91 Å². The van der Waals surface area contributed by atoms with Crippen molar-refractivity contribution in [3.63, 3.8) is 0 Å². The molecule has 1 aliphatic heterocycles. The van der Waals surface area contributed by atoms with Crippen LogP contribution < -0.4 is 15.4 Å². The molecule has 0 aromatic heterocycles. The third kappa shape index (κ3) is 7.77. The summed E-state index contributed by atoms with van der Waals surface area (Å²) in [7, 11) is 0. The Balaban J connectivity index is 1.36. The molecule has 1 aromatic rings. The molecule has 0 radical (unpaired) electrons. The van der Waals surface area contributed by atoms with Gasteiger partial charge in [0.25, 0.3) is 5.91 Å². The Labute approximate surface area is 183 Å². The molecule has 0 unspecified atom stereocenters. The average molecular weight is 432 g/mol. The van der Waals surface area contributed by atoms with Gasteiger partial charge in [-0.3, -0.25) is 9.59 Å². The summed E-state index contributed by atoms with van der Waals surface area (Å²) < 4.78 is 10.9. The molecule has 1 aromatic carbocycles. The summed E-state index contributed by atoms with van der Waals surface area (Å²) in [5.41, 5.74) is 0.169. The standard InChI is InChI=1S/C23H33N3O5/c1-23(2,3)31-22(29)24-14-16-9-11-26(12-10-16)20(27)15-30-19-6-4-5-18(13-19)25-21(28)17-7-8-17/h4-6,13,16-17H,7-12,14-15H2,1-3H3,(H,24,29)(H,25,28). The van der Waals surface area contributed by atoms with Crippen LogP contribution in [-0.4, -0.2) is 54.6 Å². The van der Waals surface area contributed by atoms with E-state index in [2.05, 4.69) is 10.6 Å². The molecule has 31 heavy (non-hydrogen) atoms. The molecule has 3 rings (SSSR count).